The van der Waals surface area contributed by atoms with Crippen molar-refractivity contribution in [1.29, 1.82) is 0 Å². The first kappa shape index (κ1) is 18.7. The molecule has 6 nitrogen and oxygen atoms in total. The number of nitrogens with zero attached hydrogens (tertiary/aromatic N) is 2. The third-order valence-corrected chi connectivity index (χ3v) is 4.36. The Balaban J connectivity index is 2.11. The van der Waals surface area contributed by atoms with E-state index >= 15 is 0 Å². The molecule has 0 saturated heterocycles. The first-order chi connectivity index (χ1) is 11.7. The van der Waals surface area contributed by atoms with Gasteiger partial charge < -0.3 is 10.4 Å². The second-order valence-corrected chi connectivity index (χ2v) is 6.61. The van der Waals surface area contributed by atoms with Gasteiger partial charge in [-0.05, 0) is 57.4 Å². The number of nitrogens with one attached hydrogen (secondary N) is 1. The lowest BCUT2D eigenvalue weighted by atomic mass is 10.0. The Morgan fingerprint density at radius 1 is 1.16 bits per heavy atom. The summed E-state index contributed by atoms with van der Waals surface area (Å²) in [6, 6.07) is 6.15. The molecule has 1 aromatic heterocycles. The second kappa shape index (κ2) is 7.51. The van der Waals surface area contributed by atoms with Gasteiger partial charge in [0.1, 0.15) is 0 Å². The summed E-state index contributed by atoms with van der Waals surface area (Å²) in [5.74, 6) is -1.39. The van der Waals surface area contributed by atoms with Gasteiger partial charge in [0.25, 0.3) is 0 Å². The van der Waals surface area contributed by atoms with Crippen molar-refractivity contribution in [2.45, 2.75) is 53.1 Å². The molecule has 0 aliphatic rings. The van der Waals surface area contributed by atoms with Gasteiger partial charge in [-0.1, -0.05) is 18.2 Å². The van der Waals surface area contributed by atoms with Crippen LogP contribution in [-0.4, -0.2) is 26.8 Å². The van der Waals surface area contributed by atoms with Crippen molar-refractivity contribution < 1.29 is 14.7 Å². The number of benzene rings is 1. The van der Waals surface area contributed by atoms with Crippen LogP contribution in [0.1, 0.15) is 53.5 Å². The Bertz CT molecular complexity index is 795. The number of hydrogen-bond acceptors (Lipinski definition) is 3. The first-order valence-electron chi connectivity index (χ1n) is 8.31. The van der Waals surface area contributed by atoms with Crippen LogP contribution in [0.2, 0.25) is 0 Å². The molecule has 0 fully saturated rings. The molecule has 2 unspecified atom stereocenters. The van der Waals surface area contributed by atoms with Crippen molar-refractivity contribution in [1.82, 2.24) is 15.1 Å². The van der Waals surface area contributed by atoms with E-state index < -0.39 is 12.0 Å². The highest BCUT2D eigenvalue weighted by molar-refractivity contribution is 5.84. The largest absolute Gasteiger partial charge is 0.479 e. The molecule has 0 saturated carbocycles. The maximum atomic E-state index is 12.4. The highest BCUT2D eigenvalue weighted by Gasteiger charge is 2.24. The van der Waals surface area contributed by atoms with Crippen LogP contribution in [0.15, 0.2) is 24.3 Å². The monoisotopic (exact) mass is 343 g/mol. The fourth-order valence-corrected chi connectivity index (χ4v) is 2.90. The molecule has 0 spiro atoms. The summed E-state index contributed by atoms with van der Waals surface area (Å²) in [4.78, 5) is 24.0. The molecule has 1 aromatic carbocycles. The van der Waals surface area contributed by atoms with Crippen LogP contribution in [0.4, 0.5) is 0 Å². The maximum Gasteiger partial charge on any atom is 0.330 e. The molecule has 2 atom stereocenters. The molecular formula is C19H25N3O3. The molecule has 0 radical (unpaired) electrons. The number of hydrogen-bond donors (Lipinski definition) is 2. The van der Waals surface area contributed by atoms with Crippen molar-refractivity contribution in [2.24, 2.45) is 0 Å². The van der Waals surface area contributed by atoms with Crippen molar-refractivity contribution >= 4 is 11.9 Å². The highest BCUT2D eigenvalue weighted by Crippen LogP contribution is 2.19. The minimum absolute atomic E-state index is 0.150. The van der Waals surface area contributed by atoms with Gasteiger partial charge in [0.15, 0.2) is 6.04 Å². The summed E-state index contributed by atoms with van der Waals surface area (Å²) >= 11 is 0. The normalized spacial score (nSPS) is 13.3. The number of amides is 1. The van der Waals surface area contributed by atoms with Crippen LogP contribution in [0.25, 0.3) is 0 Å². The van der Waals surface area contributed by atoms with Gasteiger partial charge in [0.2, 0.25) is 5.91 Å². The number of rotatable bonds is 6. The fraction of sp³-hybridized carbons (Fsp3) is 0.421. The van der Waals surface area contributed by atoms with Crippen LogP contribution >= 0.6 is 0 Å². The highest BCUT2D eigenvalue weighted by atomic mass is 16.4. The molecule has 2 aromatic rings. The van der Waals surface area contributed by atoms with Gasteiger partial charge in [-0.15, -0.1) is 0 Å². The second-order valence-electron chi connectivity index (χ2n) is 6.61. The number of aryl methyl sites for hydroxylation is 4. The van der Waals surface area contributed by atoms with Gasteiger partial charge in [-0.2, -0.15) is 5.10 Å². The average Bonchev–Trinajstić information content (AvgIpc) is 2.86. The van der Waals surface area contributed by atoms with Gasteiger partial charge in [0.05, 0.1) is 11.7 Å². The smallest absolute Gasteiger partial charge is 0.330 e. The van der Waals surface area contributed by atoms with E-state index in [0.717, 1.165) is 22.5 Å². The van der Waals surface area contributed by atoms with Crippen LogP contribution in [0.3, 0.4) is 0 Å². The molecule has 0 aliphatic carbocycles. The number of carbonyl (C=O) groups is 2. The average molecular weight is 343 g/mol. The Kier molecular flexibility index (Phi) is 5.62. The van der Waals surface area contributed by atoms with E-state index in [1.807, 2.05) is 46.8 Å². The van der Waals surface area contributed by atoms with Crippen molar-refractivity contribution in [3.8, 4) is 0 Å². The SMILES string of the molecule is Cc1cc(C)n(C(C)CC(=O)NC(C(=O)O)c2ccc(C)c(C)c2)n1. The molecule has 0 aliphatic heterocycles. The zero-order valence-electron chi connectivity index (χ0n) is 15.3. The standard InChI is InChI=1S/C19H25N3O3/c1-11-6-7-16(8-12(11)2)18(19(24)25)20-17(23)10-15(5)22-14(4)9-13(3)21-22/h6-9,15,18H,10H2,1-5H3,(H,20,23)(H,24,25). The minimum Gasteiger partial charge on any atom is -0.479 e. The predicted molar refractivity (Wildman–Crippen MR) is 95.5 cm³/mol. The van der Waals surface area contributed by atoms with E-state index in [1.165, 1.54) is 0 Å². The summed E-state index contributed by atoms with van der Waals surface area (Å²) in [5.41, 5.74) is 4.51. The number of carboxylic acid groups (broad SMARTS) is 1. The zero-order chi connectivity index (χ0) is 18.7. The van der Waals surface area contributed by atoms with Crippen LogP contribution in [-0.2, 0) is 9.59 Å². The fourth-order valence-electron chi connectivity index (χ4n) is 2.90. The molecule has 1 amide bonds. The van der Waals surface area contributed by atoms with Gasteiger partial charge >= 0.3 is 5.97 Å². The molecule has 2 N–H and O–H groups in total. The third kappa shape index (κ3) is 4.47. The maximum absolute atomic E-state index is 12.4. The molecule has 6 heteroatoms. The molecular weight excluding hydrogens is 318 g/mol. The summed E-state index contributed by atoms with van der Waals surface area (Å²) in [6.45, 7) is 9.61. The molecule has 1 heterocycles. The van der Waals surface area contributed by atoms with Crippen molar-refractivity contribution in [2.75, 3.05) is 0 Å². The summed E-state index contributed by atoms with van der Waals surface area (Å²) in [7, 11) is 0. The number of aromatic nitrogens is 2. The molecule has 2 rings (SSSR count). The predicted octanol–water partition coefficient (Wildman–Crippen LogP) is 3.01. The Morgan fingerprint density at radius 2 is 1.84 bits per heavy atom. The van der Waals surface area contributed by atoms with Gasteiger partial charge in [0, 0.05) is 12.1 Å². The van der Waals surface area contributed by atoms with E-state index in [9.17, 15) is 14.7 Å². The van der Waals surface area contributed by atoms with Gasteiger partial charge in [-0.3, -0.25) is 9.48 Å². The van der Waals surface area contributed by atoms with Gasteiger partial charge in [-0.25, -0.2) is 4.79 Å². The molecule has 0 bridgehead atoms. The van der Waals surface area contributed by atoms with E-state index in [1.54, 1.807) is 16.8 Å². The third-order valence-electron chi connectivity index (χ3n) is 4.36. The summed E-state index contributed by atoms with van der Waals surface area (Å²) in [6.07, 6.45) is 0.163. The van der Waals surface area contributed by atoms with E-state index in [0.29, 0.717) is 5.56 Å². The molecule has 134 valence electrons. The lowest BCUT2D eigenvalue weighted by Gasteiger charge is -2.19. The van der Waals surface area contributed by atoms with Crippen LogP contribution in [0, 0.1) is 27.7 Å². The van der Waals surface area contributed by atoms with E-state index in [2.05, 4.69) is 10.4 Å². The molecule has 25 heavy (non-hydrogen) atoms. The summed E-state index contributed by atoms with van der Waals surface area (Å²) < 4.78 is 1.79. The Morgan fingerprint density at radius 3 is 2.36 bits per heavy atom. The van der Waals surface area contributed by atoms with Crippen molar-refractivity contribution in [3.05, 3.63) is 52.3 Å². The lowest BCUT2D eigenvalue weighted by molar-refractivity contribution is -0.142. The van der Waals surface area contributed by atoms with E-state index in [-0.39, 0.29) is 18.4 Å². The minimum atomic E-state index is -1.07. The summed E-state index contributed by atoms with van der Waals surface area (Å²) in [5, 5.41) is 16.5. The zero-order valence-corrected chi connectivity index (χ0v) is 15.3. The van der Waals surface area contributed by atoms with E-state index in [4.69, 9.17) is 0 Å². The number of carbonyl (C=O) groups excluding carboxylic acids is 1. The van der Waals surface area contributed by atoms with Crippen molar-refractivity contribution in [3.63, 3.8) is 0 Å². The number of aliphatic carboxylic acids is 1. The van der Waals surface area contributed by atoms with Crippen LogP contribution < -0.4 is 5.32 Å². The lowest BCUT2D eigenvalue weighted by Crippen LogP contribution is -2.35. The Hall–Kier alpha value is -2.63. The Labute approximate surface area is 147 Å². The topological polar surface area (TPSA) is 84.2 Å². The number of carboxylic acids is 1. The quantitative estimate of drug-likeness (QED) is 0.844. The first-order valence-corrected chi connectivity index (χ1v) is 8.31. The van der Waals surface area contributed by atoms with Crippen LogP contribution in [0.5, 0.6) is 0 Å².